The number of carbonyl (C=O) groups is 1. The summed E-state index contributed by atoms with van der Waals surface area (Å²) in [5.74, 6) is -0.606. The molecule has 0 radical (unpaired) electrons. The zero-order valence-electron chi connectivity index (χ0n) is 9.76. The van der Waals surface area contributed by atoms with Gasteiger partial charge in [-0.3, -0.25) is 4.79 Å². The molecule has 0 aliphatic heterocycles. The third-order valence-corrected chi connectivity index (χ3v) is 2.35. The van der Waals surface area contributed by atoms with Crippen LogP contribution in [0.3, 0.4) is 0 Å². The minimum atomic E-state index is -4.29. The van der Waals surface area contributed by atoms with Gasteiger partial charge in [-0.15, -0.1) is 0 Å². The van der Waals surface area contributed by atoms with Crippen LogP contribution in [-0.4, -0.2) is 12.1 Å². The average molecular weight is 260 g/mol. The second kappa shape index (κ2) is 6.39. The van der Waals surface area contributed by atoms with Crippen LogP contribution in [0.4, 0.5) is 13.2 Å². The summed E-state index contributed by atoms with van der Waals surface area (Å²) in [5, 5.41) is 2.44. The molecule has 0 bridgehead atoms. The van der Waals surface area contributed by atoms with E-state index in [1.165, 1.54) is 0 Å². The molecular formula is C12H15F3N2O. The van der Waals surface area contributed by atoms with Crippen molar-refractivity contribution >= 4 is 5.91 Å². The Morgan fingerprint density at radius 2 is 1.94 bits per heavy atom. The highest BCUT2D eigenvalue weighted by molar-refractivity contribution is 5.75. The van der Waals surface area contributed by atoms with Gasteiger partial charge >= 0.3 is 6.18 Å². The van der Waals surface area contributed by atoms with Gasteiger partial charge in [0.15, 0.2) is 0 Å². The van der Waals surface area contributed by atoms with Crippen molar-refractivity contribution in [3.05, 3.63) is 35.4 Å². The summed E-state index contributed by atoms with van der Waals surface area (Å²) in [7, 11) is 0. The Morgan fingerprint density at radius 1 is 1.28 bits per heavy atom. The average Bonchev–Trinajstić information content (AvgIpc) is 2.33. The number of hydrogen-bond acceptors (Lipinski definition) is 2. The Kier molecular flexibility index (Phi) is 5.15. The number of carbonyl (C=O) groups excluding carboxylic acids is 1. The van der Waals surface area contributed by atoms with Crippen molar-refractivity contribution in [3.63, 3.8) is 0 Å². The van der Waals surface area contributed by atoms with E-state index in [2.05, 4.69) is 5.32 Å². The van der Waals surface area contributed by atoms with Crippen LogP contribution in [0.25, 0.3) is 0 Å². The minimum absolute atomic E-state index is 0.213. The normalized spacial score (nSPS) is 11.3. The van der Waals surface area contributed by atoms with Crippen molar-refractivity contribution in [3.8, 4) is 0 Å². The van der Waals surface area contributed by atoms with Crippen LogP contribution in [-0.2, 0) is 17.9 Å². The lowest BCUT2D eigenvalue weighted by Gasteiger charge is -2.08. The lowest BCUT2D eigenvalue weighted by atomic mass is 10.1. The highest BCUT2D eigenvalue weighted by Crippen LogP contribution is 2.21. The molecule has 3 nitrogen and oxygen atoms in total. The van der Waals surface area contributed by atoms with Crippen molar-refractivity contribution in [2.45, 2.75) is 32.1 Å². The molecule has 1 amide bonds. The van der Waals surface area contributed by atoms with Crippen LogP contribution in [0, 0.1) is 0 Å². The number of amides is 1. The van der Waals surface area contributed by atoms with E-state index in [1.807, 2.05) is 12.1 Å². The molecule has 0 spiro atoms. The summed E-state index contributed by atoms with van der Waals surface area (Å²) in [6.07, 6.45) is -5.93. The predicted molar refractivity (Wildman–Crippen MR) is 61.5 cm³/mol. The first-order valence-electron chi connectivity index (χ1n) is 5.52. The maximum absolute atomic E-state index is 11.9. The Hall–Kier alpha value is -1.56. The van der Waals surface area contributed by atoms with Gasteiger partial charge in [-0.1, -0.05) is 24.3 Å². The van der Waals surface area contributed by atoms with E-state index < -0.39 is 24.9 Å². The molecule has 0 atom stereocenters. The molecule has 18 heavy (non-hydrogen) atoms. The molecule has 1 aromatic carbocycles. The lowest BCUT2D eigenvalue weighted by molar-refractivity contribution is -0.144. The minimum Gasteiger partial charge on any atom is -0.352 e. The first-order chi connectivity index (χ1) is 8.40. The SMILES string of the molecule is NCc1cccc(CNC(=O)CCC(F)(F)F)c1. The van der Waals surface area contributed by atoms with Crippen molar-refractivity contribution in [1.29, 1.82) is 0 Å². The Labute approximate surface area is 103 Å². The smallest absolute Gasteiger partial charge is 0.352 e. The topological polar surface area (TPSA) is 55.1 Å². The van der Waals surface area contributed by atoms with E-state index in [9.17, 15) is 18.0 Å². The van der Waals surface area contributed by atoms with Gasteiger partial charge in [-0.05, 0) is 11.1 Å². The van der Waals surface area contributed by atoms with E-state index in [1.54, 1.807) is 12.1 Å². The number of nitrogens with one attached hydrogen (secondary N) is 1. The van der Waals surface area contributed by atoms with E-state index in [0.717, 1.165) is 11.1 Å². The lowest BCUT2D eigenvalue weighted by Crippen LogP contribution is -2.24. The number of hydrogen-bond donors (Lipinski definition) is 2. The van der Waals surface area contributed by atoms with Crippen molar-refractivity contribution in [1.82, 2.24) is 5.32 Å². The first-order valence-corrected chi connectivity index (χ1v) is 5.52. The van der Waals surface area contributed by atoms with Crippen LogP contribution in [0.5, 0.6) is 0 Å². The van der Waals surface area contributed by atoms with Gasteiger partial charge in [0.25, 0.3) is 0 Å². The summed E-state index contributed by atoms with van der Waals surface area (Å²) in [5.41, 5.74) is 7.19. The van der Waals surface area contributed by atoms with Gasteiger partial charge in [0, 0.05) is 19.5 Å². The van der Waals surface area contributed by atoms with E-state index in [0.29, 0.717) is 6.54 Å². The monoisotopic (exact) mass is 260 g/mol. The molecule has 0 heterocycles. The van der Waals surface area contributed by atoms with Crippen LogP contribution in [0.15, 0.2) is 24.3 Å². The zero-order chi connectivity index (χ0) is 13.6. The van der Waals surface area contributed by atoms with E-state index >= 15 is 0 Å². The van der Waals surface area contributed by atoms with Crippen LogP contribution in [0.1, 0.15) is 24.0 Å². The molecule has 0 fully saturated rings. The molecule has 0 unspecified atom stereocenters. The van der Waals surface area contributed by atoms with Crippen LogP contribution >= 0.6 is 0 Å². The summed E-state index contributed by atoms with van der Waals surface area (Å²) in [6, 6.07) is 7.22. The molecule has 1 rings (SSSR count). The second-order valence-corrected chi connectivity index (χ2v) is 3.92. The number of halogens is 3. The number of benzene rings is 1. The standard InChI is InChI=1S/C12H15F3N2O/c13-12(14,15)5-4-11(18)17-8-10-3-1-2-9(6-10)7-16/h1-3,6H,4-5,7-8,16H2,(H,17,18). The summed E-state index contributed by atoms with van der Waals surface area (Å²) in [6.45, 7) is 0.598. The van der Waals surface area contributed by atoms with Gasteiger partial charge in [-0.2, -0.15) is 13.2 Å². The van der Waals surface area contributed by atoms with E-state index in [-0.39, 0.29) is 6.54 Å². The zero-order valence-corrected chi connectivity index (χ0v) is 9.76. The Morgan fingerprint density at radius 3 is 2.56 bits per heavy atom. The quantitative estimate of drug-likeness (QED) is 0.851. The fraction of sp³-hybridized carbons (Fsp3) is 0.417. The van der Waals surface area contributed by atoms with Gasteiger partial charge in [-0.25, -0.2) is 0 Å². The van der Waals surface area contributed by atoms with Crippen LogP contribution in [0.2, 0.25) is 0 Å². The highest BCUT2D eigenvalue weighted by atomic mass is 19.4. The molecular weight excluding hydrogens is 245 g/mol. The fourth-order valence-corrected chi connectivity index (χ4v) is 1.41. The highest BCUT2D eigenvalue weighted by Gasteiger charge is 2.27. The summed E-state index contributed by atoms with van der Waals surface area (Å²) >= 11 is 0. The van der Waals surface area contributed by atoms with Crippen molar-refractivity contribution in [2.75, 3.05) is 0 Å². The first kappa shape index (κ1) is 14.5. The van der Waals surface area contributed by atoms with Crippen molar-refractivity contribution < 1.29 is 18.0 Å². The maximum atomic E-state index is 11.9. The molecule has 0 aliphatic carbocycles. The Bertz CT molecular complexity index is 405. The summed E-state index contributed by atoms with van der Waals surface area (Å²) < 4.78 is 35.7. The number of rotatable bonds is 5. The molecule has 1 aromatic rings. The third kappa shape index (κ3) is 5.67. The molecule has 6 heteroatoms. The molecule has 0 saturated heterocycles. The van der Waals surface area contributed by atoms with Crippen molar-refractivity contribution in [2.24, 2.45) is 5.73 Å². The molecule has 100 valence electrons. The van der Waals surface area contributed by atoms with Gasteiger partial charge in [0.1, 0.15) is 0 Å². The fourth-order valence-electron chi connectivity index (χ4n) is 1.41. The van der Waals surface area contributed by atoms with Crippen LogP contribution < -0.4 is 11.1 Å². The third-order valence-electron chi connectivity index (χ3n) is 2.35. The molecule has 0 aromatic heterocycles. The summed E-state index contributed by atoms with van der Waals surface area (Å²) in [4.78, 5) is 11.2. The predicted octanol–water partition coefficient (Wildman–Crippen LogP) is 2.10. The second-order valence-electron chi connectivity index (χ2n) is 3.92. The molecule has 3 N–H and O–H groups in total. The maximum Gasteiger partial charge on any atom is 0.389 e. The van der Waals surface area contributed by atoms with Gasteiger partial charge in [0.2, 0.25) is 5.91 Å². The molecule has 0 aliphatic rings. The number of nitrogens with two attached hydrogens (primary N) is 1. The molecule has 0 saturated carbocycles. The largest absolute Gasteiger partial charge is 0.389 e. The van der Waals surface area contributed by atoms with E-state index in [4.69, 9.17) is 5.73 Å². The van der Waals surface area contributed by atoms with Gasteiger partial charge in [0.05, 0.1) is 6.42 Å². The Balaban J connectivity index is 2.38. The number of alkyl halides is 3. The van der Waals surface area contributed by atoms with Gasteiger partial charge < -0.3 is 11.1 Å².